The van der Waals surface area contributed by atoms with Crippen molar-refractivity contribution in [1.29, 1.82) is 0 Å². The van der Waals surface area contributed by atoms with E-state index in [2.05, 4.69) is 37.5 Å². The molecule has 6 aromatic rings. The second-order valence-electron chi connectivity index (χ2n) is 8.20. The zero-order valence-electron chi connectivity index (χ0n) is 18.0. The lowest BCUT2D eigenvalue weighted by Gasteiger charge is -2.17. The quantitative estimate of drug-likeness (QED) is 0.343. The number of imidazole rings is 1. The third-order valence-electron chi connectivity index (χ3n) is 6.02. The summed E-state index contributed by atoms with van der Waals surface area (Å²) >= 11 is 0. The van der Waals surface area contributed by atoms with Gasteiger partial charge in [-0.3, -0.25) is 0 Å². The van der Waals surface area contributed by atoms with E-state index in [9.17, 15) is 4.39 Å². The zero-order valence-corrected chi connectivity index (χ0v) is 18.0. The lowest BCUT2D eigenvalue weighted by atomic mass is 9.88. The lowest BCUT2D eigenvalue weighted by Crippen LogP contribution is -2.08. The summed E-state index contributed by atoms with van der Waals surface area (Å²) in [6.07, 6.45) is 0.534. The fourth-order valence-electron chi connectivity index (χ4n) is 4.45. The number of nitrogen functional groups attached to an aromatic ring is 1. The van der Waals surface area contributed by atoms with Crippen molar-refractivity contribution in [3.8, 4) is 11.1 Å². The second-order valence-corrected chi connectivity index (χ2v) is 8.20. The second kappa shape index (κ2) is 8.08. The summed E-state index contributed by atoms with van der Waals surface area (Å²) in [5.41, 5.74) is 11.9. The van der Waals surface area contributed by atoms with Gasteiger partial charge in [0.2, 0.25) is 5.65 Å². The zero-order chi connectivity index (χ0) is 23.1. The van der Waals surface area contributed by atoms with Crippen LogP contribution < -0.4 is 5.73 Å². The van der Waals surface area contributed by atoms with Crippen LogP contribution in [-0.2, 0) is 6.42 Å². The molecule has 3 aromatic carbocycles. The van der Waals surface area contributed by atoms with Crippen molar-refractivity contribution in [3.63, 3.8) is 0 Å². The molecule has 166 valence electrons. The van der Waals surface area contributed by atoms with Gasteiger partial charge in [-0.2, -0.15) is 10.3 Å². The van der Waals surface area contributed by atoms with Gasteiger partial charge in [0.15, 0.2) is 0 Å². The SMILES string of the molecule is Nc1cc([C@H](Cc2nc3cc(-c4ccccc4)c(F)cc3[nH]2)c2ccccc2)c2n[nH]nc2n1. The minimum atomic E-state index is -0.292. The molecule has 0 aliphatic heterocycles. The minimum Gasteiger partial charge on any atom is -0.384 e. The van der Waals surface area contributed by atoms with Crippen molar-refractivity contribution < 1.29 is 4.39 Å². The molecule has 0 fully saturated rings. The standard InChI is InChI=1S/C26H20FN7/c27-20-14-22-21(11-18(20)16-9-5-2-6-10-16)29-24(30-22)13-17(15-7-3-1-4-8-15)19-12-23(28)31-26-25(19)32-34-33-26/h1-12,14,17H,13H2,(H,29,30)(H3,28,31,32,33,34)/t17-/m1/s1. The number of pyridine rings is 1. The average Bonchev–Trinajstić information content (AvgIpc) is 3.49. The van der Waals surface area contributed by atoms with Gasteiger partial charge in [-0.1, -0.05) is 60.7 Å². The van der Waals surface area contributed by atoms with Gasteiger partial charge in [-0.15, -0.1) is 5.10 Å². The van der Waals surface area contributed by atoms with Crippen molar-refractivity contribution in [2.24, 2.45) is 0 Å². The number of hydrogen-bond donors (Lipinski definition) is 3. The van der Waals surface area contributed by atoms with Crippen molar-refractivity contribution in [1.82, 2.24) is 30.4 Å². The topological polar surface area (TPSA) is 109 Å². The number of aromatic amines is 2. The number of hydrogen-bond acceptors (Lipinski definition) is 5. The van der Waals surface area contributed by atoms with Crippen LogP contribution in [0.15, 0.2) is 78.9 Å². The van der Waals surface area contributed by atoms with E-state index in [1.54, 1.807) is 6.07 Å². The van der Waals surface area contributed by atoms with Gasteiger partial charge >= 0.3 is 0 Å². The Morgan fingerprint density at radius 2 is 1.65 bits per heavy atom. The number of aromatic nitrogens is 6. The molecule has 0 saturated heterocycles. The molecule has 0 radical (unpaired) electrons. The summed E-state index contributed by atoms with van der Waals surface area (Å²) in [4.78, 5) is 12.4. The van der Waals surface area contributed by atoms with Gasteiger partial charge < -0.3 is 10.7 Å². The highest BCUT2D eigenvalue weighted by Gasteiger charge is 2.22. The molecule has 4 N–H and O–H groups in total. The van der Waals surface area contributed by atoms with E-state index in [4.69, 9.17) is 10.7 Å². The van der Waals surface area contributed by atoms with Crippen LogP contribution in [0.5, 0.6) is 0 Å². The number of nitrogens with one attached hydrogen (secondary N) is 2. The molecule has 0 aliphatic carbocycles. The molecule has 7 nitrogen and oxygen atoms in total. The van der Waals surface area contributed by atoms with E-state index in [-0.39, 0.29) is 11.7 Å². The first kappa shape index (κ1) is 20.0. The van der Waals surface area contributed by atoms with Gasteiger partial charge in [0.1, 0.15) is 23.0 Å². The smallest absolute Gasteiger partial charge is 0.203 e. The molecule has 0 bridgehead atoms. The van der Waals surface area contributed by atoms with Crippen molar-refractivity contribution >= 4 is 28.0 Å². The summed E-state index contributed by atoms with van der Waals surface area (Å²) in [6, 6.07) is 24.7. The molecule has 1 atom stereocenters. The number of anilines is 1. The molecule has 0 unspecified atom stereocenters. The van der Waals surface area contributed by atoms with E-state index in [1.165, 1.54) is 6.07 Å². The summed E-state index contributed by atoms with van der Waals surface area (Å²) in [7, 11) is 0. The molecule has 3 heterocycles. The van der Waals surface area contributed by atoms with Crippen molar-refractivity contribution in [2.75, 3.05) is 5.73 Å². The fourth-order valence-corrected chi connectivity index (χ4v) is 4.45. The summed E-state index contributed by atoms with van der Waals surface area (Å²) in [5, 5.41) is 11.1. The number of nitrogens with two attached hydrogens (primary N) is 1. The number of halogens is 1. The first-order valence-electron chi connectivity index (χ1n) is 10.9. The van der Waals surface area contributed by atoms with E-state index >= 15 is 0 Å². The molecule has 0 aliphatic rings. The lowest BCUT2D eigenvalue weighted by molar-refractivity contribution is 0.633. The number of H-pyrrole nitrogens is 2. The number of benzene rings is 3. The number of nitrogens with zero attached hydrogens (tertiary/aromatic N) is 4. The van der Waals surface area contributed by atoms with Gasteiger partial charge in [0, 0.05) is 24.0 Å². The molecule has 0 spiro atoms. The van der Waals surface area contributed by atoms with E-state index in [0.717, 1.165) is 22.5 Å². The summed E-state index contributed by atoms with van der Waals surface area (Å²) in [6.45, 7) is 0. The molecule has 0 amide bonds. The van der Waals surface area contributed by atoms with E-state index in [1.807, 2.05) is 54.6 Å². The maximum Gasteiger partial charge on any atom is 0.203 e. The number of rotatable bonds is 5. The van der Waals surface area contributed by atoms with Gasteiger partial charge in [0.25, 0.3) is 0 Å². The van der Waals surface area contributed by atoms with E-state index < -0.39 is 0 Å². The molecule has 8 heteroatoms. The third-order valence-corrected chi connectivity index (χ3v) is 6.02. The first-order valence-corrected chi connectivity index (χ1v) is 10.9. The highest BCUT2D eigenvalue weighted by Crippen LogP contribution is 2.33. The van der Waals surface area contributed by atoms with Crippen molar-refractivity contribution in [3.05, 3.63) is 102 Å². The highest BCUT2D eigenvalue weighted by atomic mass is 19.1. The van der Waals surface area contributed by atoms with Crippen LogP contribution in [0.1, 0.15) is 22.9 Å². The van der Waals surface area contributed by atoms with Gasteiger partial charge in [-0.05, 0) is 28.8 Å². The summed E-state index contributed by atoms with van der Waals surface area (Å²) < 4.78 is 14.9. The molecule has 6 rings (SSSR count). The Labute approximate surface area is 193 Å². The monoisotopic (exact) mass is 449 g/mol. The number of fused-ring (bicyclic) bond motifs is 2. The Morgan fingerprint density at radius 3 is 2.44 bits per heavy atom. The maximum atomic E-state index is 14.9. The Kier molecular flexibility index (Phi) is 4.76. The van der Waals surface area contributed by atoms with Crippen LogP contribution in [0.3, 0.4) is 0 Å². The third kappa shape index (κ3) is 3.55. The molecular weight excluding hydrogens is 429 g/mol. The Morgan fingerprint density at radius 1 is 0.882 bits per heavy atom. The Balaban J connectivity index is 1.45. The van der Waals surface area contributed by atoms with E-state index in [0.29, 0.717) is 40.0 Å². The summed E-state index contributed by atoms with van der Waals surface area (Å²) in [5.74, 6) is 0.704. The van der Waals surface area contributed by atoms with Gasteiger partial charge in [-0.25, -0.2) is 14.4 Å². The van der Waals surface area contributed by atoms with Crippen LogP contribution in [0.2, 0.25) is 0 Å². The molecule has 3 aromatic heterocycles. The largest absolute Gasteiger partial charge is 0.384 e. The average molecular weight is 449 g/mol. The predicted octanol–water partition coefficient (Wildman–Crippen LogP) is 4.99. The molecule has 0 saturated carbocycles. The minimum absolute atomic E-state index is 0.113. The van der Waals surface area contributed by atoms with Crippen LogP contribution in [0.4, 0.5) is 10.2 Å². The van der Waals surface area contributed by atoms with Crippen LogP contribution in [0, 0.1) is 5.82 Å². The maximum absolute atomic E-state index is 14.9. The van der Waals surface area contributed by atoms with Gasteiger partial charge in [0.05, 0.1) is 11.0 Å². The molecule has 34 heavy (non-hydrogen) atoms. The normalized spacial score (nSPS) is 12.4. The Hall–Kier alpha value is -4.59. The first-order chi connectivity index (χ1) is 16.7. The predicted molar refractivity (Wildman–Crippen MR) is 130 cm³/mol. The van der Waals surface area contributed by atoms with Crippen LogP contribution in [-0.4, -0.2) is 30.4 Å². The van der Waals surface area contributed by atoms with Crippen LogP contribution >= 0.6 is 0 Å². The fraction of sp³-hybridized carbons (Fsp3) is 0.0769. The van der Waals surface area contributed by atoms with Crippen molar-refractivity contribution in [2.45, 2.75) is 12.3 Å². The Bertz CT molecular complexity index is 1610. The molecular formula is C26H20FN7. The highest BCUT2D eigenvalue weighted by molar-refractivity contribution is 5.82. The van der Waals surface area contributed by atoms with Crippen LogP contribution in [0.25, 0.3) is 33.3 Å².